The van der Waals surface area contributed by atoms with Crippen molar-refractivity contribution in [2.24, 2.45) is 0 Å². The third-order valence-corrected chi connectivity index (χ3v) is 4.92. The van der Waals surface area contributed by atoms with Crippen LogP contribution in [0.1, 0.15) is 36.2 Å². The second-order valence-corrected chi connectivity index (χ2v) is 6.89. The van der Waals surface area contributed by atoms with E-state index in [1.165, 1.54) is 12.8 Å². The van der Waals surface area contributed by atoms with Gasteiger partial charge < -0.3 is 4.90 Å². The highest BCUT2D eigenvalue weighted by Crippen LogP contribution is 2.38. The Labute approximate surface area is 145 Å². The van der Waals surface area contributed by atoms with Crippen LogP contribution in [0, 0.1) is 6.92 Å². The van der Waals surface area contributed by atoms with E-state index in [1.807, 2.05) is 17.5 Å². The molecule has 3 aromatic rings. The predicted molar refractivity (Wildman–Crippen MR) is 91.4 cm³/mol. The number of piperazine rings is 1. The molecule has 0 aromatic carbocycles. The molecule has 1 saturated carbocycles. The van der Waals surface area contributed by atoms with Crippen LogP contribution < -0.4 is 4.90 Å². The van der Waals surface area contributed by atoms with Crippen LogP contribution in [0.4, 0.5) is 5.82 Å². The summed E-state index contributed by atoms with van der Waals surface area (Å²) in [7, 11) is 0. The molecule has 9 nitrogen and oxygen atoms in total. The molecule has 130 valence electrons. The fraction of sp³-hybridized carbons (Fsp3) is 0.562. The van der Waals surface area contributed by atoms with Gasteiger partial charge in [0.05, 0.1) is 6.54 Å². The molecule has 0 atom stereocenters. The molecule has 0 spiro atoms. The number of nitrogens with zero attached hydrogens (tertiary/aromatic N) is 8. The van der Waals surface area contributed by atoms with E-state index in [4.69, 9.17) is 5.10 Å². The normalized spacial score (nSPS) is 19.0. The van der Waals surface area contributed by atoms with Crippen LogP contribution in [0.3, 0.4) is 0 Å². The van der Waals surface area contributed by atoms with Crippen LogP contribution in [-0.4, -0.2) is 66.1 Å². The van der Waals surface area contributed by atoms with Crippen molar-refractivity contribution in [2.45, 2.75) is 32.2 Å². The van der Waals surface area contributed by atoms with Crippen molar-refractivity contribution < 1.29 is 0 Å². The number of aromatic amines is 1. The number of rotatable bonds is 4. The van der Waals surface area contributed by atoms with Crippen LogP contribution in [0.25, 0.3) is 5.65 Å². The van der Waals surface area contributed by atoms with E-state index in [9.17, 15) is 0 Å². The van der Waals surface area contributed by atoms with Crippen LogP contribution >= 0.6 is 0 Å². The summed E-state index contributed by atoms with van der Waals surface area (Å²) in [6, 6.07) is 4.07. The van der Waals surface area contributed by atoms with Gasteiger partial charge in [0.15, 0.2) is 17.3 Å². The summed E-state index contributed by atoms with van der Waals surface area (Å²) < 4.78 is 1.93. The fourth-order valence-electron chi connectivity index (χ4n) is 3.36. The molecule has 1 saturated heterocycles. The molecule has 0 bridgehead atoms. The SMILES string of the molecule is Cc1nc(CN2CCN(c3ccc4nnc(C5CC5)n4n3)CC2)n[nH]1. The molecule has 4 heterocycles. The lowest BCUT2D eigenvalue weighted by Gasteiger charge is -2.34. The summed E-state index contributed by atoms with van der Waals surface area (Å²) in [6.07, 6.45) is 2.40. The van der Waals surface area contributed by atoms with Gasteiger partial charge in [-0.2, -0.15) is 9.61 Å². The van der Waals surface area contributed by atoms with Gasteiger partial charge in [-0.1, -0.05) is 0 Å². The van der Waals surface area contributed by atoms with Crippen LogP contribution in [0.2, 0.25) is 0 Å². The lowest BCUT2D eigenvalue weighted by atomic mass is 10.3. The van der Waals surface area contributed by atoms with Gasteiger partial charge in [0.2, 0.25) is 0 Å². The van der Waals surface area contributed by atoms with E-state index in [0.717, 1.165) is 61.7 Å². The van der Waals surface area contributed by atoms with Gasteiger partial charge in [-0.05, 0) is 31.9 Å². The first-order valence-corrected chi connectivity index (χ1v) is 8.84. The van der Waals surface area contributed by atoms with E-state index >= 15 is 0 Å². The standard InChI is InChI=1S/C16H21N9/c1-11-17-13(19-18-11)10-23-6-8-24(9-7-23)15-5-4-14-20-21-16(12-2-3-12)25(14)22-15/h4-5,12H,2-3,6-10H2,1H3,(H,17,18,19). The number of nitrogens with one attached hydrogen (secondary N) is 1. The highest BCUT2D eigenvalue weighted by molar-refractivity contribution is 5.46. The summed E-state index contributed by atoms with van der Waals surface area (Å²) in [6.45, 7) is 6.57. The van der Waals surface area contributed by atoms with Gasteiger partial charge in [0.25, 0.3) is 0 Å². The summed E-state index contributed by atoms with van der Waals surface area (Å²) in [5.41, 5.74) is 0.837. The monoisotopic (exact) mass is 339 g/mol. The first-order valence-electron chi connectivity index (χ1n) is 8.84. The number of H-pyrrole nitrogens is 1. The topological polar surface area (TPSA) is 91.1 Å². The van der Waals surface area contributed by atoms with Crippen LogP contribution in [-0.2, 0) is 6.54 Å². The van der Waals surface area contributed by atoms with Crippen molar-refractivity contribution in [1.82, 2.24) is 39.9 Å². The van der Waals surface area contributed by atoms with E-state index in [1.54, 1.807) is 0 Å². The zero-order valence-electron chi connectivity index (χ0n) is 14.3. The van der Waals surface area contributed by atoms with Crippen molar-refractivity contribution in [1.29, 1.82) is 0 Å². The first-order chi connectivity index (χ1) is 12.3. The molecule has 1 aliphatic carbocycles. The molecule has 0 radical (unpaired) electrons. The maximum atomic E-state index is 4.80. The van der Waals surface area contributed by atoms with Crippen molar-refractivity contribution in [3.8, 4) is 0 Å². The molecule has 9 heteroatoms. The van der Waals surface area contributed by atoms with Crippen molar-refractivity contribution in [2.75, 3.05) is 31.1 Å². The van der Waals surface area contributed by atoms with Crippen molar-refractivity contribution in [3.05, 3.63) is 29.6 Å². The third kappa shape index (κ3) is 2.84. The van der Waals surface area contributed by atoms with Gasteiger partial charge in [-0.15, -0.1) is 15.3 Å². The number of anilines is 1. The Kier molecular flexibility index (Phi) is 3.40. The molecule has 5 rings (SSSR count). The smallest absolute Gasteiger partial charge is 0.178 e. The Balaban J connectivity index is 1.28. The molecule has 2 aliphatic rings. The highest BCUT2D eigenvalue weighted by atomic mass is 15.4. The summed E-state index contributed by atoms with van der Waals surface area (Å²) >= 11 is 0. The van der Waals surface area contributed by atoms with Gasteiger partial charge in [-0.3, -0.25) is 10.00 Å². The second-order valence-electron chi connectivity index (χ2n) is 6.89. The van der Waals surface area contributed by atoms with E-state index < -0.39 is 0 Å². The Morgan fingerprint density at radius 1 is 1.12 bits per heavy atom. The molecule has 25 heavy (non-hydrogen) atoms. The van der Waals surface area contributed by atoms with E-state index in [-0.39, 0.29) is 0 Å². The van der Waals surface area contributed by atoms with Crippen LogP contribution in [0.15, 0.2) is 12.1 Å². The molecule has 1 aliphatic heterocycles. The first kappa shape index (κ1) is 14.8. The third-order valence-electron chi connectivity index (χ3n) is 4.92. The van der Waals surface area contributed by atoms with E-state index in [2.05, 4.69) is 41.2 Å². The van der Waals surface area contributed by atoms with Gasteiger partial charge in [0.1, 0.15) is 11.6 Å². The Bertz CT molecular complexity index is 886. The minimum Gasteiger partial charge on any atom is -0.353 e. The van der Waals surface area contributed by atoms with Crippen LogP contribution in [0.5, 0.6) is 0 Å². The van der Waals surface area contributed by atoms with Crippen molar-refractivity contribution >= 4 is 11.5 Å². The zero-order chi connectivity index (χ0) is 16.8. The summed E-state index contributed by atoms with van der Waals surface area (Å²) in [4.78, 5) is 9.10. The Morgan fingerprint density at radius 3 is 2.68 bits per heavy atom. The number of hydrogen-bond donors (Lipinski definition) is 1. The average Bonchev–Trinajstić information content (AvgIpc) is 3.26. The molecule has 1 N–H and O–H groups in total. The molecule has 2 fully saturated rings. The maximum absolute atomic E-state index is 4.80. The summed E-state index contributed by atoms with van der Waals surface area (Å²) in [5, 5.41) is 20.5. The van der Waals surface area contributed by atoms with Gasteiger partial charge in [-0.25, -0.2) is 4.98 Å². The lowest BCUT2D eigenvalue weighted by Crippen LogP contribution is -2.46. The van der Waals surface area contributed by atoms with E-state index in [0.29, 0.717) is 5.92 Å². The highest BCUT2D eigenvalue weighted by Gasteiger charge is 2.29. The molecule has 3 aromatic heterocycles. The largest absolute Gasteiger partial charge is 0.353 e. The Morgan fingerprint density at radius 2 is 1.96 bits per heavy atom. The molecule has 0 unspecified atom stereocenters. The molecule has 0 amide bonds. The Hall–Kier alpha value is -2.55. The predicted octanol–water partition coefficient (Wildman–Crippen LogP) is 0.750. The molecular weight excluding hydrogens is 318 g/mol. The number of hydrogen-bond acceptors (Lipinski definition) is 7. The maximum Gasteiger partial charge on any atom is 0.178 e. The van der Waals surface area contributed by atoms with Gasteiger partial charge >= 0.3 is 0 Å². The fourth-order valence-corrected chi connectivity index (χ4v) is 3.36. The van der Waals surface area contributed by atoms with Gasteiger partial charge in [0, 0.05) is 32.1 Å². The minimum absolute atomic E-state index is 0.541. The number of aryl methyl sites for hydroxylation is 1. The molecular formula is C16H21N9. The quantitative estimate of drug-likeness (QED) is 0.750. The van der Waals surface area contributed by atoms with Crippen molar-refractivity contribution in [3.63, 3.8) is 0 Å². The second kappa shape index (κ2) is 5.76. The minimum atomic E-state index is 0.541. The number of aromatic nitrogens is 7. The summed E-state index contributed by atoms with van der Waals surface area (Å²) in [5.74, 6) is 4.29. The zero-order valence-corrected chi connectivity index (χ0v) is 14.3. The average molecular weight is 339 g/mol. The number of fused-ring (bicyclic) bond motifs is 1. The lowest BCUT2D eigenvalue weighted by molar-refractivity contribution is 0.243.